The minimum atomic E-state index is -0.866. The Bertz CT molecular complexity index is 3210. The number of carbonyl (C=O) groups excluding carboxylic acids is 3. The molecule has 4 N–H and O–H groups in total. The number of nitrogens with zero attached hydrogens (tertiary/aromatic N) is 7. The van der Waals surface area contributed by atoms with E-state index in [9.17, 15) is 19.5 Å². The van der Waals surface area contributed by atoms with Crippen LogP contribution >= 0.6 is 11.3 Å². The van der Waals surface area contributed by atoms with Crippen LogP contribution in [0.15, 0.2) is 60.2 Å². The third-order valence-electron chi connectivity index (χ3n) is 15.6. The summed E-state index contributed by atoms with van der Waals surface area (Å²) in [5, 5.41) is 21.5. The smallest absolute Gasteiger partial charge is 0.319 e. The van der Waals surface area contributed by atoms with Crippen LogP contribution in [0.3, 0.4) is 0 Å². The number of fused-ring (bicyclic) bond motifs is 4. The molecule has 77 heavy (non-hydrogen) atoms. The first kappa shape index (κ1) is 53.5. The lowest BCUT2D eigenvalue weighted by molar-refractivity contribution is -0.144. The van der Waals surface area contributed by atoms with Gasteiger partial charge in [0.05, 0.1) is 39.7 Å². The molecule has 19 heteroatoms. The number of aromatic nitrogens is 4. The Hall–Kier alpha value is -6.85. The van der Waals surface area contributed by atoms with E-state index >= 15 is 8.78 Å². The molecule has 6 aromatic rings. The molecule has 10 rings (SSSR count). The minimum Gasteiger partial charge on any atom is -0.508 e. The number of likely N-dealkylation sites (tertiary alicyclic amines) is 2. The second kappa shape index (κ2) is 22.6. The number of thiazole rings is 1. The number of rotatable bonds is 16. The van der Waals surface area contributed by atoms with Gasteiger partial charge in [0.25, 0.3) is 0 Å². The molecule has 4 saturated heterocycles. The molecular formula is C58H66F2N10O6S. The van der Waals surface area contributed by atoms with Crippen LogP contribution in [0.2, 0.25) is 0 Å². The van der Waals surface area contributed by atoms with Gasteiger partial charge in [-0.25, -0.2) is 13.8 Å². The van der Waals surface area contributed by atoms with Crippen molar-refractivity contribution < 1.29 is 37.7 Å². The zero-order valence-corrected chi connectivity index (χ0v) is 45.0. The second-order valence-corrected chi connectivity index (χ2v) is 22.9. The Labute approximate surface area is 451 Å². The average Bonchev–Trinajstić information content (AvgIpc) is 4.21. The van der Waals surface area contributed by atoms with E-state index in [0.29, 0.717) is 62.2 Å². The first-order chi connectivity index (χ1) is 37.0. The number of terminal acetylenes is 1. The summed E-state index contributed by atoms with van der Waals surface area (Å²) in [6.07, 6.45) is 12.2. The number of nitrogens with one attached hydrogen (secondary N) is 3. The number of anilines is 1. The number of aromatic hydroxyl groups is 1. The number of aryl methyl sites for hydroxylation is 1. The van der Waals surface area contributed by atoms with E-state index in [1.54, 1.807) is 16.2 Å². The fourth-order valence-electron chi connectivity index (χ4n) is 11.4. The van der Waals surface area contributed by atoms with Crippen LogP contribution in [0.25, 0.3) is 43.4 Å². The van der Waals surface area contributed by atoms with Crippen molar-refractivity contribution in [1.82, 2.24) is 45.7 Å². The van der Waals surface area contributed by atoms with Gasteiger partial charge in [0.2, 0.25) is 17.7 Å². The maximum Gasteiger partial charge on any atom is 0.319 e. The van der Waals surface area contributed by atoms with Crippen LogP contribution in [-0.2, 0) is 19.1 Å². The average molecular weight is 1070 g/mol. The van der Waals surface area contributed by atoms with Crippen LogP contribution in [-0.4, -0.2) is 136 Å². The number of phenolic OH excluding ortho intramolecular Hbond substituents is 1. The predicted molar refractivity (Wildman–Crippen MR) is 292 cm³/mol. The lowest BCUT2D eigenvalue weighted by Gasteiger charge is -2.35. The SMILES string of the molecule is C#Cc1c(F)ccc2cc(O)cc(-c3ncc4c(N5CC6CCC(C5)N6)nc(OCCN5CCC(COCC(=O)N[C@H](C(=O)N6CCC[C@H]6C(=O)N[C@@H](C)c6ccc(-c7scnc7C)cc6)C(C)(C)C)CC5)nc4c3F)c12. The lowest BCUT2D eigenvalue weighted by atomic mass is 9.85. The van der Waals surface area contributed by atoms with Gasteiger partial charge >= 0.3 is 6.01 Å². The Morgan fingerprint density at radius 1 is 0.974 bits per heavy atom. The van der Waals surface area contributed by atoms with Gasteiger partial charge in [0.15, 0.2) is 5.82 Å². The van der Waals surface area contributed by atoms with E-state index in [0.717, 1.165) is 60.5 Å². The van der Waals surface area contributed by atoms with Gasteiger partial charge in [-0.2, -0.15) is 9.97 Å². The van der Waals surface area contributed by atoms with E-state index in [1.165, 1.54) is 30.5 Å². The third-order valence-corrected chi connectivity index (χ3v) is 16.6. The highest BCUT2D eigenvalue weighted by Crippen LogP contribution is 2.40. The van der Waals surface area contributed by atoms with Gasteiger partial charge in [-0.05, 0) is 112 Å². The van der Waals surface area contributed by atoms with Crippen LogP contribution in [0, 0.1) is 42.2 Å². The number of halogens is 2. The summed E-state index contributed by atoms with van der Waals surface area (Å²) in [4.78, 5) is 66.8. The lowest BCUT2D eigenvalue weighted by Crippen LogP contribution is -2.58. The quantitative estimate of drug-likeness (QED) is 0.0692. The van der Waals surface area contributed by atoms with Crippen molar-refractivity contribution in [1.29, 1.82) is 0 Å². The van der Waals surface area contributed by atoms with Crippen molar-refractivity contribution in [2.75, 3.05) is 64.0 Å². The number of carbonyl (C=O) groups is 3. The monoisotopic (exact) mass is 1070 g/mol. The molecular weight excluding hydrogens is 1000 g/mol. The molecule has 0 radical (unpaired) electrons. The Morgan fingerprint density at radius 2 is 1.73 bits per heavy atom. The number of hydrogen-bond donors (Lipinski definition) is 4. The van der Waals surface area contributed by atoms with Gasteiger partial charge in [-0.3, -0.25) is 24.3 Å². The maximum atomic E-state index is 17.0. The van der Waals surface area contributed by atoms with E-state index in [2.05, 4.69) is 46.6 Å². The number of benzene rings is 3. The van der Waals surface area contributed by atoms with Crippen LogP contribution in [0.4, 0.5) is 14.6 Å². The molecule has 4 fully saturated rings. The molecule has 2 bridgehead atoms. The zero-order valence-electron chi connectivity index (χ0n) is 44.2. The molecule has 0 spiro atoms. The molecule has 0 aliphatic carbocycles. The molecule has 4 aliphatic rings. The Kier molecular flexibility index (Phi) is 15.7. The first-order valence-electron chi connectivity index (χ1n) is 26.7. The fourth-order valence-corrected chi connectivity index (χ4v) is 12.2. The highest BCUT2D eigenvalue weighted by molar-refractivity contribution is 7.13. The van der Waals surface area contributed by atoms with Gasteiger partial charge in [-0.15, -0.1) is 17.8 Å². The number of piperidine rings is 1. The molecule has 4 aliphatic heterocycles. The molecule has 3 amide bonds. The van der Waals surface area contributed by atoms with Crippen LogP contribution in [0.5, 0.6) is 11.8 Å². The van der Waals surface area contributed by atoms with Crippen molar-refractivity contribution in [3.63, 3.8) is 0 Å². The zero-order chi connectivity index (χ0) is 54.1. The maximum absolute atomic E-state index is 17.0. The van der Waals surface area contributed by atoms with Gasteiger partial charge in [-0.1, -0.05) is 57.0 Å². The third kappa shape index (κ3) is 11.6. The number of amides is 3. The molecule has 16 nitrogen and oxygen atoms in total. The van der Waals surface area contributed by atoms with Crippen LogP contribution < -0.4 is 25.6 Å². The summed E-state index contributed by atoms with van der Waals surface area (Å²) in [6.45, 7) is 13.9. The fraction of sp³-hybridized carbons (Fsp3) is 0.466. The van der Waals surface area contributed by atoms with Crippen molar-refractivity contribution in [2.45, 2.75) is 103 Å². The topological polar surface area (TPSA) is 187 Å². The summed E-state index contributed by atoms with van der Waals surface area (Å²) in [5.74, 6) is 0.639. The Morgan fingerprint density at radius 3 is 2.43 bits per heavy atom. The number of pyridine rings is 1. The summed E-state index contributed by atoms with van der Waals surface area (Å²) in [5.41, 5.74) is 4.11. The number of hydrogen-bond acceptors (Lipinski definition) is 14. The van der Waals surface area contributed by atoms with Gasteiger partial charge in [0, 0.05) is 55.4 Å². The molecule has 3 aromatic heterocycles. The Balaban J connectivity index is 0.723. The predicted octanol–water partition coefficient (Wildman–Crippen LogP) is 7.69. The first-order valence-corrected chi connectivity index (χ1v) is 27.5. The normalized spacial score (nSPS) is 19.8. The summed E-state index contributed by atoms with van der Waals surface area (Å²) in [7, 11) is 0. The molecule has 404 valence electrons. The molecule has 0 saturated carbocycles. The van der Waals surface area contributed by atoms with Crippen molar-refractivity contribution in [3.05, 3.63) is 88.7 Å². The highest BCUT2D eigenvalue weighted by atomic mass is 32.1. The standard InChI is InChI=1S/C58H66F2N10O6S/c1-7-42-45(59)17-14-38-25-41(71)26-43(48(38)42)50-49(60)51-44(27-61-50)54(69-28-39-15-16-40(29-69)64-39)67-57(66-51)76-24-23-68-21-18-35(19-22-68)30-75-31-47(72)65-53(58(4,5)6)56(74)70-20-8-9-46(70)55(73)63-33(2)36-10-12-37(13-11-36)52-34(3)62-32-77-52/h1,10-14,17,25-27,32-33,35,39-40,46,53,64,71H,8-9,15-16,18-24,28-31H2,2-6H3,(H,63,73)(H,65,72)/t33-,39?,40?,46-,53+/m0/s1. The minimum absolute atomic E-state index is 0.0131. The molecule has 2 unspecified atom stereocenters. The van der Waals surface area contributed by atoms with Crippen molar-refractivity contribution >= 4 is 56.6 Å². The van der Waals surface area contributed by atoms with E-state index < -0.39 is 35.0 Å². The number of ether oxygens (including phenoxy) is 2. The van der Waals surface area contributed by atoms with Crippen molar-refractivity contribution in [3.8, 4) is 45.8 Å². The highest BCUT2D eigenvalue weighted by Gasteiger charge is 2.42. The largest absolute Gasteiger partial charge is 0.508 e. The van der Waals surface area contributed by atoms with E-state index in [4.69, 9.17) is 20.9 Å². The summed E-state index contributed by atoms with van der Waals surface area (Å²) in [6, 6.07) is 12.3. The molecule has 5 atom stereocenters. The summed E-state index contributed by atoms with van der Waals surface area (Å²) >= 11 is 1.59. The van der Waals surface area contributed by atoms with Crippen molar-refractivity contribution in [2.24, 2.45) is 11.3 Å². The van der Waals surface area contributed by atoms with Crippen LogP contribution in [0.1, 0.15) is 89.1 Å². The molecule has 3 aromatic carbocycles. The van der Waals surface area contributed by atoms with Gasteiger partial charge < -0.3 is 40.3 Å². The van der Waals surface area contributed by atoms with E-state index in [1.807, 2.05) is 64.4 Å². The number of phenols is 1. The molecule has 7 heterocycles. The van der Waals surface area contributed by atoms with Gasteiger partial charge in [0.1, 0.15) is 53.9 Å². The second-order valence-electron chi connectivity index (χ2n) is 22.0. The number of piperazine rings is 1. The summed E-state index contributed by atoms with van der Waals surface area (Å²) < 4.78 is 44.2. The van der Waals surface area contributed by atoms with E-state index in [-0.39, 0.29) is 88.6 Å².